The molecule has 2 aromatic rings. The molecule has 0 bridgehead atoms. The van der Waals surface area contributed by atoms with Crippen molar-refractivity contribution in [1.29, 1.82) is 0 Å². The van der Waals surface area contributed by atoms with E-state index >= 15 is 0 Å². The molecule has 2 aromatic carbocycles. The van der Waals surface area contributed by atoms with Crippen LogP contribution < -0.4 is 4.74 Å². The molecule has 4 N–H and O–H groups in total. The summed E-state index contributed by atoms with van der Waals surface area (Å²) in [5.74, 6) is 0.857. The molecule has 1 fully saturated rings. The van der Waals surface area contributed by atoms with Crippen LogP contribution in [0.1, 0.15) is 42.6 Å². The Morgan fingerprint density at radius 3 is 2.30 bits per heavy atom. The fourth-order valence-electron chi connectivity index (χ4n) is 3.34. The quantitative estimate of drug-likeness (QED) is 0.550. The fourth-order valence-corrected chi connectivity index (χ4v) is 3.53. The minimum absolute atomic E-state index is 0.0831. The van der Waals surface area contributed by atoms with Crippen LogP contribution in [0.25, 0.3) is 0 Å². The maximum atomic E-state index is 10.0. The van der Waals surface area contributed by atoms with Crippen molar-refractivity contribution < 1.29 is 29.9 Å². The normalized spacial score (nSPS) is 20.3. The molecule has 6 nitrogen and oxygen atoms in total. The van der Waals surface area contributed by atoms with E-state index in [2.05, 4.69) is 0 Å². The second-order valence-corrected chi connectivity index (χ2v) is 7.07. The number of halogens is 1. The highest BCUT2D eigenvalue weighted by Gasteiger charge is 2.29. The summed E-state index contributed by atoms with van der Waals surface area (Å²) in [6, 6.07) is 13.8. The Labute approximate surface area is 183 Å². The fraction of sp³-hybridized carbons (Fsp3) is 0.478. The van der Waals surface area contributed by atoms with Gasteiger partial charge in [-0.15, -0.1) is 0 Å². The van der Waals surface area contributed by atoms with E-state index in [0.717, 1.165) is 36.7 Å². The van der Waals surface area contributed by atoms with Gasteiger partial charge in [-0.2, -0.15) is 0 Å². The third kappa shape index (κ3) is 7.87. The number of benzene rings is 2. The number of ether oxygens (including phenoxy) is 2. The minimum atomic E-state index is -0.462. The Morgan fingerprint density at radius 1 is 1.03 bits per heavy atom. The van der Waals surface area contributed by atoms with Crippen molar-refractivity contribution in [3.8, 4) is 5.75 Å². The SMILES string of the molecule is CCOc1ccc(Cc2cc(C3CC(O)CC(CO)O3)ccc2Cl)cc1.CO.CO. The monoisotopic (exact) mass is 440 g/mol. The molecule has 0 radical (unpaired) electrons. The van der Waals surface area contributed by atoms with Crippen LogP contribution in [0.15, 0.2) is 42.5 Å². The summed E-state index contributed by atoms with van der Waals surface area (Å²) in [7, 11) is 2.00. The second kappa shape index (κ2) is 14.4. The zero-order valence-electron chi connectivity index (χ0n) is 17.8. The van der Waals surface area contributed by atoms with E-state index in [4.69, 9.17) is 31.3 Å². The molecule has 3 atom stereocenters. The molecule has 1 aliphatic heterocycles. The first-order valence-corrected chi connectivity index (χ1v) is 10.3. The molecule has 1 aliphatic rings. The van der Waals surface area contributed by atoms with Crippen LogP contribution in [-0.2, 0) is 11.2 Å². The third-order valence-corrected chi connectivity index (χ3v) is 5.02. The van der Waals surface area contributed by atoms with Crippen LogP contribution in [0.4, 0.5) is 0 Å². The molecule has 7 heteroatoms. The number of aliphatic hydroxyl groups is 4. The average Bonchev–Trinajstić information content (AvgIpc) is 2.79. The Hall–Kier alpha value is -1.67. The summed E-state index contributed by atoms with van der Waals surface area (Å²) in [6.07, 6.45) is 0.690. The molecule has 0 saturated carbocycles. The first-order chi connectivity index (χ1) is 14.6. The van der Waals surface area contributed by atoms with Crippen LogP contribution >= 0.6 is 11.6 Å². The predicted octanol–water partition coefficient (Wildman–Crippen LogP) is 3.12. The van der Waals surface area contributed by atoms with Gasteiger partial charge in [0.25, 0.3) is 0 Å². The lowest BCUT2D eigenvalue weighted by molar-refractivity contribution is -0.113. The first kappa shape index (κ1) is 26.4. The van der Waals surface area contributed by atoms with Gasteiger partial charge in [0.2, 0.25) is 0 Å². The highest BCUT2D eigenvalue weighted by atomic mass is 35.5. The Morgan fingerprint density at radius 2 is 1.70 bits per heavy atom. The lowest BCUT2D eigenvalue weighted by atomic mass is 9.94. The lowest BCUT2D eigenvalue weighted by Gasteiger charge is -2.32. The van der Waals surface area contributed by atoms with Gasteiger partial charge in [-0.05, 0) is 48.2 Å². The van der Waals surface area contributed by atoms with Gasteiger partial charge in [-0.3, -0.25) is 0 Å². The zero-order valence-corrected chi connectivity index (χ0v) is 18.5. The average molecular weight is 441 g/mol. The molecule has 30 heavy (non-hydrogen) atoms. The van der Waals surface area contributed by atoms with Gasteiger partial charge in [0.05, 0.1) is 31.5 Å². The highest BCUT2D eigenvalue weighted by molar-refractivity contribution is 6.31. The number of aliphatic hydroxyl groups excluding tert-OH is 4. The van der Waals surface area contributed by atoms with Gasteiger partial charge in [0.1, 0.15) is 5.75 Å². The van der Waals surface area contributed by atoms with Crippen LogP contribution in [-0.4, -0.2) is 60.1 Å². The van der Waals surface area contributed by atoms with Crippen molar-refractivity contribution in [1.82, 2.24) is 0 Å². The molecule has 0 amide bonds. The Balaban J connectivity index is 0.00000106. The summed E-state index contributed by atoms with van der Waals surface area (Å²) in [4.78, 5) is 0. The summed E-state index contributed by atoms with van der Waals surface area (Å²) in [6.45, 7) is 2.53. The van der Waals surface area contributed by atoms with E-state index in [0.29, 0.717) is 30.9 Å². The molecule has 0 aliphatic carbocycles. The summed E-state index contributed by atoms with van der Waals surface area (Å²) < 4.78 is 11.4. The van der Waals surface area contributed by atoms with Gasteiger partial charge in [-0.1, -0.05) is 35.9 Å². The third-order valence-electron chi connectivity index (χ3n) is 4.65. The largest absolute Gasteiger partial charge is 0.494 e. The van der Waals surface area contributed by atoms with Crippen molar-refractivity contribution in [3.63, 3.8) is 0 Å². The van der Waals surface area contributed by atoms with Crippen molar-refractivity contribution >= 4 is 11.6 Å². The molecule has 0 aromatic heterocycles. The molecule has 168 valence electrons. The standard InChI is InChI=1S/C21H25ClO4.2CH4O/c1-2-25-18-6-3-14(4-7-18)9-16-10-15(5-8-20(16)22)21-12-17(24)11-19(13-23)26-21;2*1-2/h3-8,10,17,19,21,23-24H,2,9,11-13H2,1H3;2*2H,1H3. The molecular weight excluding hydrogens is 408 g/mol. The summed E-state index contributed by atoms with van der Waals surface area (Å²) in [5.41, 5.74) is 3.13. The van der Waals surface area contributed by atoms with Crippen LogP contribution in [0, 0.1) is 0 Å². The van der Waals surface area contributed by atoms with Gasteiger partial charge in [0.15, 0.2) is 0 Å². The van der Waals surface area contributed by atoms with E-state index in [1.54, 1.807) is 0 Å². The van der Waals surface area contributed by atoms with Crippen molar-refractivity contribution in [2.24, 2.45) is 0 Å². The van der Waals surface area contributed by atoms with Gasteiger partial charge in [-0.25, -0.2) is 0 Å². The molecule has 1 heterocycles. The number of hydrogen-bond acceptors (Lipinski definition) is 6. The van der Waals surface area contributed by atoms with Crippen LogP contribution in [0.5, 0.6) is 5.75 Å². The lowest BCUT2D eigenvalue weighted by Crippen LogP contribution is -2.33. The van der Waals surface area contributed by atoms with Crippen LogP contribution in [0.3, 0.4) is 0 Å². The smallest absolute Gasteiger partial charge is 0.119 e. The molecule has 3 unspecified atom stereocenters. The minimum Gasteiger partial charge on any atom is -0.494 e. The topological polar surface area (TPSA) is 99.4 Å². The van der Waals surface area contributed by atoms with E-state index in [1.807, 2.05) is 49.4 Å². The van der Waals surface area contributed by atoms with Crippen LogP contribution in [0.2, 0.25) is 5.02 Å². The van der Waals surface area contributed by atoms with Crippen molar-refractivity contribution in [2.45, 2.75) is 44.5 Å². The molecule has 3 rings (SSSR count). The summed E-state index contributed by atoms with van der Waals surface area (Å²) >= 11 is 6.40. The van der Waals surface area contributed by atoms with E-state index in [-0.39, 0.29) is 18.8 Å². The number of hydrogen-bond donors (Lipinski definition) is 4. The zero-order chi connectivity index (χ0) is 22.5. The van der Waals surface area contributed by atoms with E-state index in [1.165, 1.54) is 0 Å². The highest BCUT2D eigenvalue weighted by Crippen LogP contribution is 2.33. The Kier molecular flexibility index (Phi) is 12.6. The molecule has 1 saturated heterocycles. The van der Waals surface area contributed by atoms with E-state index in [9.17, 15) is 10.2 Å². The summed E-state index contributed by atoms with van der Waals surface area (Å²) in [5, 5.41) is 34.1. The molecule has 0 spiro atoms. The maximum Gasteiger partial charge on any atom is 0.119 e. The van der Waals surface area contributed by atoms with E-state index < -0.39 is 6.10 Å². The van der Waals surface area contributed by atoms with Gasteiger partial charge < -0.3 is 29.9 Å². The van der Waals surface area contributed by atoms with Crippen molar-refractivity contribution in [3.05, 3.63) is 64.2 Å². The van der Waals surface area contributed by atoms with Gasteiger partial charge >= 0.3 is 0 Å². The predicted molar refractivity (Wildman–Crippen MR) is 118 cm³/mol. The van der Waals surface area contributed by atoms with Gasteiger partial charge in [0, 0.05) is 32.1 Å². The molecular formula is C23H33ClO6. The van der Waals surface area contributed by atoms with Crippen molar-refractivity contribution in [2.75, 3.05) is 27.4 Å². The second-order valence-electron chi connectivity index (χ2n) is 6.66. The number of rotatable bonds is 6. The maximum absolute atomic E-state index is 10.0. The Bertz CT molecular complexity index is 722. The first-order valence-electron chi connectivity index (χ1n) is 9.93.